The van der Waals surface area contributed by atoms with Crippen molar-refractivity contribution in [3.63, 3.8) is 0 Å². The SMILES string of the molecule is CN(C(CCC(C([C@H](Cc1ccccc1)N(C)P(c1ccccc1)c1ccccc1)[PH](O)(c1ccccc1)c1ccccc1)[PH](O)(c1ccccc1)c1ccccc1)C[PH](O)(c1ccccc1)c1ccccc1)P(c1ccccc1)c1ccccc1. The van der Waals surface area contributed by atoms with Crippen molar-refractivity contribution >= 4 is 91.7 Å². The summed E-state index contributed by atoms with van der Waals surface area (Å²) in [4.78, 5) is 45.3. The van der Waals surface area contributed by atoms with Gasteiger partial charge in [0.1, 0.15) is 0 Å². The van der Waals surface area contributed by atoms with Gasteiger partial charge in [-0.1, -0.05) is 0 Å². The van der Waals surface area contributed by atoms with Crippen LogP contribution in [0.15, 0.2) is 334 Å². The van der Waals surface area contributed by atoms with E-state index in [1.165, 1.54) is 21.2 Å². The van der Waals surface area contributed by atoms with Gasteiger partial charge in [0, 0.05) is 0 Å². The van der Waals surface area contributed by atoms with Crippen LogP contribution in [0.3, 0.4) is 0 Å². The van der Waals surface area contributed by atoms with E-state index in [1.54, 1.807) is 0 Å². The Kier molecular flexibility index (Phi) is 20.5. The van der Waals surface area contributed by atoms with Gasteiger partial charge in [-0.15, -0.1) is 0 Å². The molecule has 0 aliphatic rings. The van der Waals surface area contributed by atoms with Crippen molar-refractivity contribution in [1.29, 1.82) is 0 Å². The Balaban J connectivity index is 1.22. The summed E-state index contributed by atoms with van der Waals surface area (Å²) in [5, 5.41) is 10.3. The number of rotatable bonds is 25. The molecule has 436 valence electrons. The molecule has 0 amide bonds. The molecule has 5 nitrogen and oxygen atoms in total. The molecule has 4 atom stereocenters. The van der Waals surface area contributed by atoms with E-state index in [1.807, 2.05) is 24.3 Å². The minimum absolute atomic E-state index is 0.245. The number of hydrogen-bond donors (Lipinski definition) is 3. The van der Waals surface area contributed by atoms with E-state index in [-0.39, 0.29) is 12.1 Å². The van der Waals surface area contributed by atoms with Crippen LogP contribution >= 0.6 is 38.6 Å². The standard InChI is InChI=1S/C76H79N2O3P5/c1-77(82(64-38-16-4-17-39-64)65-40-18-5-19-41-65)63(61-84(79,68-46-24-8-25-47-68)69-48-26-9-27-49-69)58-59-75(85(80,70-50-28-10-29-51-70)71-52-30-11-31-53-71)76(86(81,72-54-32-12-33-55-72)73-56-34-13-35-57-73)74(60-62-36-14-3-15-37-62)78(2)83(66-42-20-6-21-43-66)67-44-22-7-23-45-67/h3-57,63,74-76,79-81,84-86H,58-61H2,1-2H3/t63?,74-,75?,76?/m0/s1. The van der Waals surface area contributed by atoms with Crippen LogP contribution in [0.2, 0.25) is 0 Å². The molecule has 3 N–H and O–H groups in total. The number of hydrogen-bond acceptors (Lipinski definition) is 5. The zero-order valence-electron chi connectivity index (χ0n) is 49.0. The van der Waals surface area contributed by atoms with Crippen LogP contribution in [0, 0.1) is 0 Å². The number of nitrogens with zero attached hydrogens (tertiary/aromatic N) is 2. The Labute approximate surface area is 514 Å². The zero-order chi connectivity index (χ0) is 59.2. The fraction of sp³-hybridized carbons (Fsp3) is 0.132. The molecule has 0 heterocycles. The molecule has 11 aromatic carbocycles. The van der Waals surface area contributed by atoms with Crippen molar-refractivity contribution in [3.8, 4) is 0 Å². The topological polar surface area (TPSA) is 67.2 Å². The molecule has 86 heavy (non-hydrogen) atoms. The van der Waals surface area contributed by atoms with Gasteiger partial charge in [0.05, 0.1) is 0 Å². The molecule has 10 heteroatoms. The van der Waals surface area contributed by atoms with E-state index in [9.17, 15) is 4.89 Å². The van der Waals surface area contributed by atoms with Crippen molar-refractivity contribution < 1.29 is 14.7 Å². The Hall–Kier alpha value is -6.63. The first-order valence-corrected chi connectivity index (χ1v) is 38.8. The van der Waals surface area contributed by atoms with Gasteiger partial charge in [0.25, 0.3) is 0 Å². The Bertz CT molecular complexity index is 3570. The van der Waals surface area contributed by atoms with Crippen LogP contribution in [0.25, 0.3) is 0 Å². The second kappa shape index (κ2) is 28.9. The van der Waals surface area contributed by atoms with Crippen molar-refractivity contribution in [2.45, 2.75) is 42.7 Å². The first-order chi connectivity index (χ1) is 42.2. The zero-order valence-corrected chi connectivity index (χ0v) is 53.8. The first kappa shape index (κ1) is 61.0. The summed E-state index contributed by atoms with van der Waals surface area (Å²) < 4.78 is 5.22. The van der Waals surface area contributed by atoms with Crippen molar-refractivity contribution in [3.05, 3.63) is 339 Å². The van der Waals surface area contributed by atoms with Gasteiger partial charge in [-0.25, -0.2) is 0 Å². The van der Waals surface area contributed by atoms with E-state index in [2.05, 4.69) is 333 Å². The number of benzene rings is 11. The summed E-state index contributed by atoms with van der Waals surface area (Å²) in [6.45, 7) is 0. The molecular weight excluding hydrogens is 1140 g/mol. The molecule has 0 saturated carbocycles. The third-order valence-corrected chi connectivity index (χ3v) is 34.8. The van der Waals surface area contributed by atoms with Crippen LogP contribution in [0.5, 0.6) is 0 Å². The molecule has 11 rings (SSSR count). The monoisotopic (exact) mass is 1220 g/mol. The molecule has 0 aliphatic carbocycles. The minimum atomic E-state index is -4.18. The van der Waals surface area contributed by atoms with E-state index in [4.69, 9.17) is 0 Å². The fourth-order valence-electron chi connectivity index (χ4n) is 13.3. The molecule has 0 fully saturated rings. The molecule has 0 aromatic heterocycles. The maximum atomic E-state index is 15.6. The average Bonchev–Trinajstić information content (AvgIpc) is 1.46. The molecule has 0 saturated heterocycles. The van der Waals surface area contributed by atoms with Gasteiger partial charge in [0.2, 0.25) is 0 Å². The van der Waals surface area contributed by atoms with Crippen LogP contribution in [-0.2, 0) is 6.42 Å². The Morgan fingerprint density at radius 3 is 0.907 bits per heavy atom. The van der Waals surface area contributed by atoms with Crippen LogP contribution < -0.4 is 53.0 Å². The molecule has 0 spiro atoms. The summed E-state index contributed by atoms with van der Waals surface area (Å²) in [5.41, 5.74) is 0.0202. The summed E-state index contributed by atoms with van der Waals surface area (Å²) in [6, 6.07) is 117. The van der Waals surface area contributed by atoms with Gasteiger partial charge in [-0.2, -0.15) is 0 Å². The van der Waals surface area contributed by atoms with Gasteiger partial charge < -0.3 is 0 Å². The Morgan fingerprint density at radius 1 is 0.314 bits per heavy atom. The van der Waals surface area contributed by atoms with Gasteiger partial charge in [-0.05, 0) is 0 Å². The van der Waals surface area contributed by atoms with Crippen molar-refractivity contribution in [1.82, 2.24) is 9.34 Å². The molecular formula is C76H79N2O3P5. The van der Waals surface area contributed by atoms with Gasteiger partial charge in [0.15, 0.2) is 0 Å². The summed E-state index contributed by atoms with van der Waals surface area (Å²) >= 11 is 0. The Morgan fingerprint density at radius 2 is 0.581 bits per heavy atom. The summed E-state index contributed by atoms with van der Waals surface area (Å²) in [6.07, 6.45) is 2.16. The van der Waals surface area contributed by atoms with E-state index >= 15 is 9.79 Å². The fourth-order valence-corrected chi connectivity index (χ4v) is 31.5. The molecule has 0 aliphatic heterocycles. The molecule has 3 unspecified atom stereocenters. The van der Waals surface area contributed by atoms with Crippen LogP contribution in [-0.4, -0.2) is 67.7 Å². The van der Waals surface area contributed by atoms with Crippen LogP contribution in [0.1, 0.15) is 18.4 Å². The predicted octanol–water partition coefficient (Wildman–Crippen LogP) is 12.4. The van der Waals surface area contributed by atoms with E-state index in [0.717, 1.165) is 37.4 Å². The summed E-state index contributed by atoms with van der Waals surface area (Å²) in [5.74, 6) is 0. The van der Waals surface area contributed by atoms with Crippen molar-refractivity contribution in [2.75, 3.05) is 20.3 Å². The molecule has 0 radical (unpaired) electrons. The average molecular weight is 1220 g/mol. The second-order valence-electron chi connectivity index (χ2n) is 22.5. The third kappa shape index (κ3) is 13.4. The van der Waals surface area contributed by atoms with Crippen molar-refractivity contribution in [2.24, 2.45) is 0 Å². The van der Waals surface area contributed by atoms with Crippen LogP contribution in [0.4, 0.5) is 0 Å². The first-order valence-electron chi connectivity index (χ1n) is 30.0. The van der Waals surface area contributed by atoms with Gasteiger partial charge in [-0.3, -0.25) is 0 Å². The maximum absolute atomic E-state index is 15.6. The second-order valence-corrected chi connectivity index (χ2v) is 37.2. The summed E-state index contributed by atoms with van der Waals surface area (Å²) in [7, 11) is -9.76. The van der Waals surface area contributed by atoms with E-state index in [0.29, 0.717) is 25.4 Å². The third-order valence-electron chi connectivity index (χ3n) is 17.5. The number of likely N-dealkylation sites (N-methyl/N-ethyl adjacent to an activating group) is 1. The molecule has 11 aromatic rings. The normalized spacial score (nSPS) is 14.2. The van der Waals surface area contributed by atoms with Gasteiger partial charge >= 0.3 is 518 Å². The quantitative estimate of drug-likeness (QED) is 0.0498. The molecule has 0 bridgehead atoms. The van der Waals surface area contributed by atoms with E-state index < -0.39 is 49.9 Å². The predicted molar refractivity (Wildman–Crippen MR) is 381 cm³/mol.